The van der Waals surface area contributed by atoms with Crippen molar-refractivity contribution in [3.05, 3.63) is 64.7 Å². The Balaban J connectivity index is 2.05. The second kappa shape index (κ2) is 10.2. The van der Waals surface area contributed by atoms with Gasteiger partial charge in [0.1, 0.15) is 36.3 Å². The van der Waals surface area contributed by atoms with Crippen LogP contribution in [0.4, 0.5) is 0 Å². The molecule has 4 N–H and O–H groups in total. The number of rotatable bonds is 7. The van der Waals surface area contributed by atoms with Gasteiger partial charge in [0.2, 0.25) is 0 Å². The zero-order valence-electron chi connectivity index (χ0n) is 16.0. The summed E-state index contributed by atoms with van der Waals surface area (Å²) in [6, 6.07) is 7.69. The summed E-state index contributed by atoms with van der Waals surface area (Å²) in [6.45, 7) is 5.27. The van der Waals surface area contributed by atoms with Gasteiger partial charge in [0.05, 0.1) is 13.7 Å². The highest BCUT2D eigenvalue weighted by Gasteiger charge is 2.43. The van der Waals surface area contributed by atoms with Crippen LogP contribution in [0.1, 0.15) is 12.5 Å². The van der Waals surface area contributed by atoms with Crippen LogP contribution in [-0.4, -0.2) is 64.7 Å². The molecule has 5 atom stereocenters. The molecule has 0 radical (unpaired) electrons. The van der Waals surface area contributed by atoms with E-state index in [0.717, 1.165) is 16.9 Å². The van der Waals surface area contributed by atoms with Gasteiger partial charge in [-0.3, -0.25) is 0 Å². The minimum atomic E-state index is -1.44. The number of aliphatic hydroxyl groups excluding tert-OH is 4. The summed E-state index contributed by atoms with van der Waals surface area (Å²) in [5.41, 5.74) is 2.38. The van der Waals surface area contributed by atoms with E-state index in [0.29, 0.717) is 17.0 Å². The molecule has 1 heterocycles. The molecular formula is C21H27ClO6. The van der Waals surface area contributed by atoms with Gasteiger partial charge in [0.15, 0.2) is 0 Å². The monoisotopic (exact) mass is 410 g/mol. The number of halogens is 1. The third kappa shape index (κ3) is 5.44. The summed E-state index contributed by atoms with van der Waals surface area (Å²) in [7, 11) is 1.62. The van der Waals surface area contributed by atoms with E-state index in [2.05, 4.69) is 6.58 Å². The first-order chi connectivity index (χ1) is 13.3. The van der Waals surface area contributed by atoms with E-state index in [1.165, 1.54) is 0 Å². The molecule has 0 amide bonds. The molecule has 28 heavy (non-hydrogen) atoms. The Kier molecular flexibility index (Phi) is 8.24. The molecule has 6 nitrogen and oxygen atoms in total. The summed E-state index contributed by atoms with van der Waals surface area (Å²) in [4.78, 5) is 0. The SMILES string of the molecule is C=C(C=CC(Cl)=C(C)Cc1ccc(OC)cc1)C1OC(CO)C(O)C(O)C1O. The number of benzene rings is 1. The van der Waals surface area contributed by atoms with Gasteiger partial charge in [-0.15, -0.1) is 0 Å². The fourth-order valence-corrected chi connectivity index (χ4v) is 3.09. The van der Waals surface area contributed by atoms with Gasteiger partial charge in [-0.1, -0.05) is 42.0 Å². The highest BCUT2D eigenvalue weighted by Crippen LogP contribution is 2.26. The Bertz CT molecular complexity index is 725. The predicted molar refractivity (Wildman–Crippen MR) is 107 cm³/mol. The van der Waals surface area contributed by atoms with Gasteiger partial charge >= 0.3 is 0 Å². The van der Waals surface area contributed by atoms with Crippen LogP contribution in [-0.2, 0) is 11.2 Å². The number of methoxy groups -OCH3 is 1. The molecule has 5 unspecified atom stereocenters. The van der Waals surface area contributed by atoms with E-state index in [4.69, 9.17) is 21.1 Å². The molecule has 1 fully saturated rings. The lowest BCUT2D eigenvalue weighted by molar-refractivity contribution is -0.218. The zero-order chi connectivity index (χ0) is 20.8. The second-order valence-electron chi connectivity index (χ2n) is 6.81. The Morgan fingerprint density at radius 3 is 2.36 bits per heavy atom. The van der Waals surface area contributed by atoms with Crippen molar-refractivity contribution in [2.45, 2.75) is 43.9 Å². The van der Waals surface area contributed by atoms with Gasteiger partial charge in [-0.05, 0) is 42.7 Å². The largest absolute Gasteiger partial charge is 0.497 e. The molecule has 1 aromatic carbocycles. The third-order valence-corrected chi connectivity index (χ3v) is 5.19. The standard InChI is InChI=1S/C21H27ClO6/c1-12(21-20(26)19(25)18(24)17(11-23)28-21)4-9-16(22)13(2)10-14-5-7-15(27-3)8-6-14/h4-9,17-21,23-26H,1,10-11H2,2-3H3. The van der Waals surface area contributed by atoms with Gasteiger partial charge in [0.25, 0.3) is 0 Å². The minimum absolute atomic E-state index is 0.368. The van der Waals surface area contributed by atoms with Crippen molar-refractivity contribution in [1.29, 1.82) is 0 Å². The van der Waals surface area contributed by atoms with Crippen LogP contribution >= 0.6 is 11.6 Å². The van der Waals surface area contributed by atoms with E-state index < -0.39 is 37.1 Å². The molecule has 1 aliphatic rings. The van der Waals surface area contributed by atoms with Crippen LogP contribution in [0.15, 0.2) is 59.2 Å². The molecule has 154 valence electrons. The summed E-state index contributed by atoms with van der Waals surface area (Å²) < 4.78 is 10.6. The minimum Gasteiger partial charge on any atom is -0.497 e. The van der Waals surface area contributed by atoms with E-state index in [-0.39, 0.29) is 0 Å². The number of ether oxygens (including phenoxy) is 2. The Labute approximate surface area is 170 Å². The molecule has 0 aromatic heterocycles. The lowest BCUT2D eigenvalue weighted by Gasteiger charge is -2.40. The molecule has 0 spiro atoms. The van der Waals surface area contributed by atoms with Crippen LogP contribution in [0.3, 0.4) is 0 Å². The lowest BCUT2D eigenvalue weighted by atomic mass is 9.91. The van der Waals surface area contributed by atoms with Gasteiger partial charge in [-0.2, -0.15) is 0 Å². The van der Waals surface area contributed by atoms with Crippen molar-refractivity contribution in [2.24, 2.45) is 0 Å². The summed E-state index contributed by atoms with van der Waals surface area (Å²) >= 11 is 6.36. The topological polar surface area (TPSA) is 99.4 Å². The fourth-order valence-electron chi connectivity index (χ4n) is 2.96. The van der Waals surface area contributed by atoms with Crippen molar-refractivity contribution in [2.75, 3.05) is 13.7 Å². The lowest BCUT2D eigenvalue weighted by Crippen LogP contribution is -2.58. The van der Waals surface area contributed by atoms with Crippen LogP contribution in [0.5, 0.6) is 5.75 Å². The Morgan fingerprint density at radius 1 is 1.14 bits per heavy atom. The van der Waals surface area contributed by atoms with E-state index in [1.807, 2.05) is 31.2 Å². The van der Waals surface area contributed by atoms with Crippen LogP contribution < -0.4 is 4.74 Å². The molecule has 1 aliphatic heterocycles. The first-order valence-corrected chi connectivity index (χ1v) is 9.31. The summed E-state index contributed by atoms with van der Waals surface area (Å²) in [5.74, 6) is 0.784. The molecule has 2 rings (SSSR count). The zero-order valence-corrected chi connectivity index (χ0v) is 16.7. The highest BCUT2D eigenvalue weighted by atomic mass is 35.5. The van der Waals surface area contributed by atoms with Crippen LogP contribution in [0.25, 0.3) is 0 Å². The summed E-state index contributed by atoms with van der Waals surface area (Å²) in [5, 5.41) is 39.6. The second-order valence-corrected chi connectivity index (χ2v) is 7.22. The van der Waals surface area contributed by atoms with Crippen molar-refractivity contribution in [3.63, 3.8) is 0 Å². The average molecular weight is 411 g/mol. The maximum Gasteiger partial charge on any atom is 0.118 e. The van der Waals surface area contributed by atoms with E-state index >= 15 is 0 Å². The molecule has 7 heteroatoms. The third-order valence-electron chi connectivity index (χ3n) is 4.74. The molecule has 0 saturated carbocycles. The van der Waals surface area contributed by atoms with Gasteiger partial charge in [-0.25, -0.2) is 0 Å². The normalized spacial score (nSPS) is 28.9. The predicted octanol–water partition coefficient (Wildman–Crippen LogP) is 1.71. The van der Waals surface area contributed by atoms with Crippen molar-refractivity contribution < 1.29 is 29.9 Å². The Hall–Kier alpha value is -1.67. The van der Waals surface area contributed by atoms with E-state index in [9.17, 15) is 20.4 Å². The van der Waals surface area contributed by atoms with Crippen LogP contribution in [0.2, 0.25) is 0 Å². The molecule has 1 saturated heterocycles. The number of hydrogen-bond acceptors (Lipinski definition) is 6. The van der Waals surface area contributed by atoms with Crippen molar-refractivity contribution in [1.82, 2.24) is 0 Å². The number of hydrogen-bond donors (Lipinski definition) is 4. The first-order valence-electron chi connectivity index (χ1n) is 8.94. The fraction of sp³-hybridized carbons (Fsp3) is 0.429. The highest BCUT2D eigenvalue weighted by molar-refractivity contribution is 6.31. The first kappa shape index (κ1) is 22.6. The number of aliphatic hydroxyl groups is 4. The van der Waals surface area contributed by atoms with Crippen LogP contribution in [0, 0.1) is 0 Å². The molecule has 0 aliphatic carbocycles. The van der Waals surface area contributed by atoms with Crippen molar-refractivity contribution >= 4 is 11.6 Å². The molecule has 1 aromatic rings. The Morgan fingerprint density at radius 2 is 1.79 bits per heavy atom. The maximum atomic E-state index is 10.1. The van der Waals surface area contributed by atoms with Crippen molar-refractivity contribution in [3.8, 4) is 5.75 Å². The van der Waals surface area contributed by atoms with Gasteiger partial charge in [0, 0.05) is 5.03 Å². The van der Waals surface area contributed by atoms with Gasteiger partial charge < -0.3 is 29.9 Å². The quantitative estimate of drug-likeness (QED) is 0.511. The number of allylic oxidation sites excluding steroid dienone is 3. The molecule has 0 bridgehead atoms. The average Bonchev–Trinajstić information content (AvgIpc) is 2.70. The maximum absolute atomic E-state index is 10.1. The molecular weight excluding hydrogens is 384 g/mol. The smallest absolute Gasteiger partial charge is 0.118 e. The summed E-state index contributed by atoms with van der Waals surface area (Å²) in [6.07, 6.45) is -2.25. The van der Waals surface area contributed by atoms with E-state index in [1.54, 1.807) is 19.3 Å².